The van der Waals surface area contributed by atoms with Crippen LogP contribution < -0.4 is 0 Å². The van der Waals surface area contributed by atoms with E-state index in [0.717, 1.165) is 10.9 Å². The van der Waals surface area contributed by atoms with Gasteiger partial charge in [0.1, 0.15) is 11.2 Å². The summed E-state index contributed by atoms with van der Waals surface area (Å²) in [4.78, 5) is 8.11. The Balaban J connectivity index is 2.95. The van der Waals surface area contributed by atoms with Gasteiger partial charge in [-0.25, -0.2) is 9.97 Å². The van der Waals surface area contributed by atoms with Gasteiger partial charge in [0, 0.05) is 11.6 Å². The monoisotopic (exact) mass is 203 g/mol. The second kappa shape index (κ2) is 3.24. The average Bonchev–Trinajstić information content (AvgIpc) is 2.18. The Morgan fingerprint density at radius 3 is 3.00 bits per heavy atom. The van der Waals surface area contributed by atoms with Crippen molar-refractivity contribution in [2.75, 3.05) is 0 Å². The van der Waals surface area contributed by atoms with Gasteiger partial charge in [0.15, 0.2) is 5.65 Å². The molecule has 0 saturated heterocycles. The molecule has 0 aliphatic rings. The van der Waals surface area contributed by atoms with E-state index >= 15 is 0 Å². The molecule has 0 amide bonds. The van der Waals surface area contributed by atoms with Crippen LogP contribution in [-0.2, 0) is 0 Å². The van der Waals surface area contributed by atoms with E-state index in [-0.39, 0.29) is 5.15 Å². The van der Waals surface area contributed by atoms with Crippen molar-refractivity contribution in [2.24, 2.45) is 0 Å². The molecular weight excluding hydrogens is 198 g/mol. The number of hydrogen-bond acceptors (Lipinski definition) is 3. The van der Waals surface area contributed by atoms with Gasteiger partial charge in [0.25, 0.3) is 0 Å². The quantitative estimate of drug-likeness (QED) is 0.618. The van der Waals surface area contributed by atoms with Crippen molar-refractivity contribution in [3.63, 3.8) is 0 Å². The molecule has 0 saturated carbocycles. The fourth-order valence-electron chi connectivity index (χ4n) is 1.35. The third-order valence-corrected chi connectivity index (χ3v) is 2.36. The number of rotatable bonds is 0. The van der Waals surface area contributed by atoms with Gasteiger partial charge in [-0.1, -0.05) is 11.6 Å². The Hall–Kier alpha value is -1.66. The van der Waals surface area contributed by atoms with E-state index in [2.05, 4.69) is 9.97 Å². The maximum atomic E-state index is 8.86. The van der Waals surface area contributed by atoms with E-state index in [4.69, 9.17) is 16.9 Å². The van der Waals surface area contributed by atoms with Gasteiger partial charge in [0.2, 0.25) is 0 Å². The largest absolute Gasteiger partial charge is 0.237 e. The number of aromatic nitrogens is 2. The van der Waals surface area contributed by atoms with Crippen LogP contribution in [0.5, 0.6) is 0 Å². The molecule has 0 fully saturated rings. The molecule has 2 aromatic rings. The van der Waals surface area contributed by atoms with E-state index in [0.29, 0.717) is 11.2 Å². The van der Waals surface area contributed by atoms with Crippen LogP contribution in [0.4, 0.5) is 0 Å². The van der Waals surface area contributed by atoms with Crippen molar-refractivity contribution in [2.45, 2.75) is 6.92 Å². The summed E-state index contributed by atoms with van der Waals surface area (Å²) >= 11 is 5.84. The predicted molar refractivity (Wildman–Crippen MR) is 54.0 cm³/mol. The van der Waals surface area contributed by atoms with Crippen molar-refractivity contribution < 1.29 is 0 Å². The molecule has 0 radical (unpaired) electrons. The lowest BCUT2D eigenvalue weighted by Crippen LogP contribution is -1.92. The molecule has 14 heavy (non-hydrogen) atoms. The van der Waals surface area contributed by atoms with Gasteiger partial charge in [-0.15, -0.1) is 0 Å². The molecule has 0 bridgehead atoms. The molecule has 0 aliphatic heterocycles. The van der Waals surface area contributed by atoms with Gasteiger partial charge in [-0.2, -0.15) is 5.26 Å². The summed E-state index contributed by atoms with van der Waals surface area (Å²) in [5.41, 5.74) is 1.83. The number of fused-ring (bicyclic) bond motifs is 1. The van der Waals surface area contributed by atoms with Crippen molar-refractivity contribution in [1.82, 2.24) is 9.97 Å². The fraction of sp³-hybridized carbons (Fsp3) is 0.100. The number of halogens is 1. The molecule has 2 heterocycles. The highest BCUT2D eigenvalue weighted by Crippen LogP contribution is 2.23. The zero-order chi connectivity index (χ0) is 10.1. The van der Waals surface area contributed by atoms with Crippen LogP contribution in [-0.4, -0.2) is 9.97 Å². The zero-order valence-corrected chi connectivity index (χ0v) is 8.21. The minimum atomic E-state index is 0.219. The highest BCUT2D eigenvalue weighted by molar-refractivity contribution is 6.31. The number of pyridine rings is 2. The predicted octanol–water partition coefficient (Wildman–Crippen LogP) is 2.46. The lowest BCUT2D eigenvalue weighted by Gasteiger charge is -2.03. The van der Waals surface area contributed by atoms with Crippen LogP contribution in [0.25, 0.3) is 11.0 Å². The van der Waals surface area contributed by atoms with Gasteiger partial charge in [-0.05, 0) is 24.6 Å². The normalized spacial score (nSPS) is 10.1. The molecule has 0 spiro atoms. The minimum Gasteiger partial charge on any atom is -0.237 e. The summed E-state index contributed by atoms with van der Waals surface area (Å²) in [5.74, 6) is 0. The van der Waals surface area contributed by atoms with Crippen LogP contribution in [0, 0.1) is 18.3 Å². The minimum absolute atomic E-state index is 0.219. The van der Waals surface area contributed by atoms with Gasteiger partial charge < -0.3 is 0 Å². The summed E-state index contributed by atoms with van der Waals surface area (Å²) in [7, 11) is 0. The second-order valence-corrected chi connectivity index (χ2v) is 3.25. The molecule has 4 heteroatoms. The first-order valence-corrected chi connectivity index (χ1v) is 4.42. The maximum Gasteiger partial charge on any atom is 0.161 e. The molecule has 68 valence electrons. The van der Waals surface area contributed by atoms with Gasteiger partial charge in [-0.3, -0.25) is 0 Å². The number of hydrogen-bond donors (Lipinski definition) is 0. The Morgan fingerprint density at radius 2 is 2.29 bits per heavy atom. The van der Waals surface area contributed by atoms with E-state index in [9.17, 15) is 0 Å². The van der Waals surface area contributed by atoms with Gasteiger partial charge >= 0.3 is 0 Å². The first kappa shape index (κ1) is 8.92. The molecule has 0 atom stereocenters. The fourth-order valence-corrected chi connectivity index (χ4v) is 1.61. The summed E-state index contributed by atoms with van der Waals surface area (Å²) in [6.45, 7) is 1.84. The summed E-state index contributed by atoms with van der Waals surface area (Å²) in [6, 6.07) is 5.72. The lowest BCUT2D eigenvalue weighted by atomic mass is 10.1. The number of aryl methyl sites for hydroxylation is 1. The summed E-state index contributed by atoms with van der Waals surface area (Å²) in [5, 5.41) is 9.95. The average molecular weight is 204 g/mol. The second-order valence-electron chi connectivity index (χ2n) is 2.89. The van der Waals surface area contributed by atoms with Crippen LogP contribution in [0.1, 0.15) is 11.1 Å². The SMILES string of the molecule is Cc1c(C#N)c(Cl)nc2ncccc12. The molecule has 3 nitrogen and oxygen atoms in total. The van der Waals surface area contributed by atoms with E-state index < -0.39 is 0 Å². The molecule has 0 unspecified atom stereocenters. The number of nitriles is 1. The molecule has 0 aromatic carbocycles. The summed E-state index contributed by atoms with van der Waals surface area (Å²) < 4.78 is 0. The topological polar surface area (TPSA) is 49.6 Å². The third-order valence-electron chi connectivity index (χ3n) is 2.09. The van der Waals surface area contributed by atoms with Crippen LogP contribution in [0.3, 0.4) is 0 Å². The van der Waals surface area contributed by atoms with Crippen molar-refractivity contribution >= 4 is 22.6 Å². The lowest BCUT2D eigenvalue weighted by molar-refractivity contribution is 1.25. The van der Waals surface area contributed by atoms with Crippen molar-refractivity contribution in [3.05, 3.63) is 34.6 Å². The third kappa shape index (κ3) is 1.21. The smallest absolute Gasteiger partial charge is 0.161 e. The molecule has 0 aliphatic carbocycles. The first-order valence-electron chi connectivity index (χ1n) is 4.05. The van der Waals surface area contributed by atoms with Crippen molar-refractivity contribution in [1.29, 1.82) is 5.26 Å². The number of nitrogens with zero attached hydrogens (tertiary/aromatic N) is 3. The van der Waals surface area contributed by atoms with E-state index in [1.165, 1.54) is 0 Å². The van der Waals surface area contributed by atoms with E-state index in [1.54, 1.807) is 6.20 Å². The standard InChI is InChI=1S/C10H6ClN3/c1-6-7-3-2-4-13-10(7)14-9(11)8(6)5-12/h2-4H,1H3. The van der Waals surface area contributed by atoms with E-state index in [1.807, 2.05) is 25.1 Å². The Kier molecular flexibility index (Phi) is 2.06. The van der Waals surface area contributed by atoms with Crippen LogP contribution >= 0.6 is 11.6 Å². The Labute approximate surface area is 86.0 Å². The van der Waals surface area contributed by atoms with Crippen molar-refractivity contribution in [3.8, 4) is 6.07 Å². The Morgan fingerprint density at radius 1 is 1.50 bits per heavy atom. The van der Waals surface area contributed by atoms with Gasteiger partial charge in [0.05, 0.1) is 5.56 Å². The summed E-state index contributed by atoms with van der Waals surface area (Å²) in [6.07, 6.45) is 1.65. The molecule has 2 aromatic heterocycles. The molecule has 0 N–H and O–H groups in total. The van der Waals surface area contributed by atoms with Crippen LogP contribution in [0.15, 0.2) is 18.3 Å². The first-order chi connectivity index (χ1) is 6.74. The maximum absolute atomic E-state index is 8.86. The highest BCUT2D eigenvalue weighted by Gasteiger charge is 2.09. The molecular formula is C10H6ClN3. The van der Waals surface area contributed by atoms with Crippen LogP contribution in [0.2, 0.25) is 5.15 Å². The zero-order valence-electron chi connectivity index (χ0n) is 7.45. The molecule has 2 rings (SSSR count). The highest BCUT2D eigenvalue weighted by atomic mass is 35.5. The Bertz CT molecular complexity index is 543.